The first-order chi connectivity index (χ1) is 11.3. The largest absolute Gasteiger partial charge is 0.492 e. The molecule has 3 aromatic carbocycles. The van der Waals surface area contributed by atoms with Crippen molar-refractivity contribution in [2.24, 2.45) is 0 Å². The Kier molecular flexibility index (Phi) is 5.34. The second kappa shape index (κ2) is 7.85. The average molecular weight is 365 g/mol. The van der Waals surface area contributed by atoms with Gasteiger partial charge < -0.3 is 4.74 Å². The quantitative estimate of drug-likeness (QED) is 0.419. The summed E-state index contributed by atoms with van der Waals surface area (Å²) in [4.78, 5) is 0. The molecule has 23 heavy (non-hydrogen) atoms. The van der Waals surface area contributed by atoms with Crippen LogP contribution < -0.4 is 4.74 Å². The third kappa shape index (κ3) is 4.15. The molecule has 0 heterocycles. The molecule has 0 radical (unpaired) electrons. The standard InChI is InChI=1S/C21H17BrO/c22-20-14-5-6-15-21(20)23-16-7-1-2-9-17-11-8-12-18-10-3-4-13-19(17)18/h3-6,8,10-15H,1,7,16H2. The second-order valence-corrected chi connectivity index (χ2v) is 6.07. The number of unbranched alkanes of at least 4 members (excludes halogenated alkanes) is 1. The van der Waals surface area contributed by atoms with Gasteiger partial charge in [0, 0.05) is 12.0 Å². The molecule has 0 bridgehead atoms. The van der Waals surface area contributed by atoms with E-state index in [2.05, 4.69) is 70.2 Å². The lowest BCUT2D eigenvalue weighted by atomic mass is 10.0. The molecule has 3 rings (SSSR count). The van der Waals surface area contributed by atoms with Crippen LogP contribution in [0.4, 0.5) is 0 Å². The number of halogens is 1. The summed E-state index contributed by atoms with van der Waals surface area (Å²) in [5.74, 6) is 7.42. The van der Waals surface area contributed by atoms with Gasteiger partial charge in [-0.25, -0.2) is 0 Å². The number of para-hydroxylation sites is 1. The monoisotopic (exact) mass is 364 g/mol. The van der Waals surface area contributed by atoms with E-state index >= 15 is 0 Å². The predicted octanol–water partition coefficient (Wildman–Crippen LogP) is 5.81. The second-order valence-electron chi connectivity index (χ2n) is 5.21. The first kappa shape index (κ1) is 15.6. The molecule has 0 atom stereocenters. The molecule has 0 unspecified atom stereocenters. The van der Waals surface area contributed by atoms with Gasteiger partial charge in [0.15, 0.2) is 0 Å². The van der Waals surface area contributed by atoms with Gasteiger partial charge in [-0.15, -0.1) is 0 Å². The van der Waals surface area contributed by atoms with Crippen LogP contribution in [0.25, 0.3) is 10.8 Å². The van der Waals surface area contributed by atoms with Gasteiger partial charge in [-0.2, -0.15) is 0 Å². The highest BCUT2D eigenvalue weighted by Gasteiger charge is 1.98. The lowest BCUT2D eigenvalue weighted by molar-refractivity contribution is 0.311. The number of hydrogen-bond acceptors (Lipinski definition) is 1. The minimum Gasteiger partial charge on any atom is -0.492 e. The van der Waals surface area contributed by atoms with Crippen LogP contribution in [0, 0.1) is 11.8 Å². The number of fused-ring (bicyclic) bond motifs is 1. The predicted molar refractivity (Wildman–Crippen MR) is 99.7 cm³/mol. The Labute approximate surface area is 145 Å². The highest BCUT2D eigenvalue weighted by Crippen LogP contribution is 2.23. The highest BCUT2D eigenvalue weighted by molar-refractivity contribution is 9.10. The van der Waals surface area contributed by atoms with Crippen LogP contribution in [0.3, 0.4) is 0 Å². The summed E-state index contributed by atoms with van der Waals surface area (Å²) in [6.45, 7) is 0.673. The third-order valence-corrected chi connectivity index (χ3v) is 4.21. The van der Waals surface area contributed by atoms with Crippen molar-refractivity contribution in [2.75, 3.05) is 6.61 Å². The molecule has 0 aliphatic heterocycles. The van der Waals surface area contributed by atoms with E-state index in [0.29, 0.717) is 6.61 Å². The summed E-state index contributed by atoms with van der Waals surface area (Å²) in [5.41, 5.74) is 1.09. The summed E-state index contributed by atoms with van der Waals surface area (Å²) in [5, 5.41) is 2.45. The molecule has 2 heteroatoms. The van der Waals surface area contributed by atoms with Gasteiger partial charge in [0.2, 0.25) is 0 Å². The Hall–Kier alpha value is -2.24. The lowest BCUT2D eigenvalue weighted by Gasteiger charge is -2.06. The molecule has 0 aliphatic rings. The Morgan fingerprint density at radius 2 is 1.65 bits per heavy atom. The molecular formula is C21H17BrO. The fraction of sp³-hybridized carbons (Fsp3) is 0.143. The Bertz CT molecular complexity index is 853. The fourth-order valence-electron chi connectivity index (χ4n) is 2.40. The van der Waals surface area contributed by atoms with Crippen LogP contribution in [0.5, 0.6) is 5.75 Å². The number of benzene rings is 3. The Morgan fingerprint density at radius 3 is 2.57 bits per heavy atom. The van der Waals surface area contributed by atoms with Crippen LogP contribution in [0.15, 0.2) is 71.2 Å². The molecule has 0 spiro atoms. The molecule has 0 aliphatic carbocycles. The minimum absolute atomic E-state index is 0.673. The van der Waals surface area contributed by atoms with E-state index in [1.54, 1.807) is 0 Å². The van der Waals surface area contributed by atoms with Crippen LogP contribution in [0.2, 0.25) is 0 Å². The van der Waals surface area contributed by atoms with Crippen molar-refractivity contribution < 1.29 is 4.74 Å². The van der Waals surface area contributed by atoms with E-state index in [1.807, 2.05) is 24.3 Å². The van der Waals surface area contributed by atoms with Crippen LogP contribution in [-0.2, 0) is 0 Å². The van der Waals surface area contributed by atoms with Crippen molar-refractivity contribution in [3.8, 4) is 17.6 Å². The Morgan fingerprint density at radius 1 is 0.870 bits per heavy atom. The lowest BCUT2D eigenvalue weighted by Crippen LogP contribution is -1.97. The van der Waals surface area contributed by atoms with Crippen molar-refractivity contribution in [1.82, 2.24) is 0 Å². The molecule has 114 valence electrons. The van der Waals surface area contributed by atoms with E-state index in [4.69, 9.17) is 4.74 Å². The van der Waals surface area contributed by atoms with Gasteiger partial charge in [-0.3, -0.25) is 0 Å². The number of rotatable bonds is 4. The number of ether oxygens (including phenoxy) is 1. The van der Waals surface area contributed by atoms with Gasteiger partial charge in [0.25, 0.3) is 0 Å². The van der Waals surface area contributed by atoms with Crippen LogP contribution in [0.1, 0.15) is 18.4 Å². The smallest absolute Gasteiger partial charge is 0.133 e. The summed E-state index contributed by atoms with van der Waals surface area (Å²) in [6.07, 6.45) is 1.74. The molecule has 0 amide bonds. The first-order valence-electron chi connectivity index (χ1n) is 7.68. The molecule has 0 saturated carbocycles. The molecular weight excluding hydrogens is 348 g/mol. The van der Waals surface area contributed by atoms with Crippen molar-refractivity contribution in [1.29, 1.82) is 0 Å². The zero-order chi connectivity index (χ0) is 15.9. The summed E-state index contributed by atoms with van der Waals surface area (Å²) < 4.78 is 6.73. The average Bonchev–Trinajstić information content (AvgIpc) is 2.59. The SMILES string of the molecule is Brc1ccccc1OCCCC#Cc1cccc2ccccc12. The molecule has 1 nitrogen and oxygen atoms in total. The first-order valence-corrected chi connectivity index (χ1v) is 8.48. The number of hydrogen-bond donors (Lipinski definition) is 0. The maximum atomic E-state index is 5.74. The fourth-order valence-corrected chi connectivity index (χ4v) is 2.80. The van der Waals surface area contributed by atoms with Crippen molar-refractivity contribution in [3.05, 3.63) is 76.8 Å². The molecule has 3 aromatic rings. The van der Waals surface area contributed by atoms with Crippen LogP contribution >= 0.6 is 15.9 Å². The minimum atomic E-state index is 0.673. The normalized spacial score (nSPS) is 10.1. The maximum Gasteiger partial charge on any atom is 0.133 e. The molecule has 0 N–H and O–H groups in total. The molecule has 0 saturated heterocycles. The van der Waals surface area contributed by atoms with E-state index in [0.717, 1.165) is 28.6 Å². The Balaban J connectivity index is 1.55. The van der Waals surface area contributed by atoms with Crippen molar-refractivity contribution in [3.63, 3.8) is 0 Å². The maximum absolute atomic E-state index is 5.74. The van der Waals surface area contributed by atoms with Crippen LogP contribution in [-0.4, -0.2) is 6.61 Å². The molecule has 0 aromatic heterocycles. The topological polar surface area (TPSA) is 9.23 Å². The third-order valence-electron chi connectivity index (χ3n) is 3.55. The van der Waals surface area contributed by atoms with E-state index in [-0.39, 0.29) is 0 Å². The zero-order valence-corrected chi connectivity index (χ0v) is 14.3. The van der Waals surface area contributed by atoms with Crippen molar-refractivity contribution >= 4 is 26.7 Å². The van der Waals surface area contributed by atoms with Gasteiger partial charge >= 0.3 is 0 Å². The van der Waals surface area contributed by atoms with Crippen molar-refractivity contribution in [2.45, 2.75) is 12.8 Å². The van der Waals surface area contributed by atoms with Gasteiger partial charge in [0.05, 0.1) is 11.1 Å². The summed E-state index contributed by atoms with van der Waals surface area (Å²) in [6, 6.07) is 22.5. The van der Waals surface area contributed by atoms with E-state index in [9.17, 15) is 0 Å². The van der Waals surface area contributed by atoms with Gasteiger partial charge in [-0.05, 0) is 51.3 Å². The summed E-state index contributed by atoms with van der Waals surface area (Å²) in [7, 11) is 0. The summed E-state index contributed by atoms with van der Waals surface area (Å²) >= 11 is 3.48. The van der Waals surface area contributed by atoms with E-state index < -0.39 is 0 Å². The molecule has 0 fully saturated rings. The van der Waals surface area contributed by atoms with Gasteiger partial charge in [-0.1, -0.05) is 60.4 Å². The highest BCUT2D eigenvalue weighted by atomic mass is 79.9. The van der Waals surface area contributed by atoms with Gasteiger partial charge in [0.1, 0.15) is 5.75 Å². The van der Waals surface area contributed by atoms with E-state index in [1.165, 1.54) is 10.8 Å². The zero-order valence-electron chi connectivity index (χ0n) is 12.8.